The lowest BCUT2D eigenvalue weighted by Gasteiger charge is -2.07. The van der Waals surface area contributed by atoms with E-state index in [0.717, 1.165) is 17.1 Å². The maximum atomic E-state index is 5.87. The molecule has 3 nitrogen and oxygen atoms in total. The summed E-state index contributed by atoms with van der Waals surface area (Å²) in [5, 5.41) is 3.66. The predicted octanol–water partition coefficient (Wildman–Crippen LogP) is 3.36. The minimum atomic E-state index is 0.498. The third kappa shape index (κ3) is 3.36. The summed E-state index contributed by atoms with van der Waals surface area (Å²) < 4.78 is 5.63. The lowest BCUT2D eigenvalue weighted by Crippen LogP contribution is -1.98. The molecule has 0 saturated carbocycles. The van der Waals surface area contributed by atoms with E-state index in [2.05, 4.69) is 10.3 Å². The summed E-state index contributed by atoms with van der Waals surface area (Å²) >= 11 is 5.87. The number of hydrogen-bond donors (Lipinski definition) is 1. The molecule has 0 amide bonds. The Morgan fingerprint density at radius 1 is 1.29 bits per heavy atom. The smallest absolute Gasteiger partial charge is 0.126 e. The molecular formula is C13H13ClN2O. The van der Waals surface area contributed by atoms with Gasteiger partial charge in [-0.15, -0.1) is 0 Å². The van der Waals surface area contributed by atoms with Crippen molar-refractivity contribution in [1.82, 2.24) is 4.98 Å². The number of benzene rings is 1. The predicted molar refractivity (Wildman–Crippen MR) is 69.6 cm³/mol. The molecule has 88 valence electrons. The highest BCUT2D eigenvalue weighted by molar-refractivity contribution is 6.30. The Balaban J connectivity index is 2.02. The first-order valence-corrected chi connectivity index (χ1v) is 5.67. The second-order valence-corrected chi connectivity index (χ2v) is 3.98. The van der Waals surface area contributed by atoms with Crippen molar-refractivity contribution in [2.45, 2.75) is 6.61 Å². The van der Waals surface area contributed by atoms with Crippen LogP contribution < -0.4 is 10.1 Å². The van der Waals surface area contributed by atoms with E-state index in [4.69, 9.17) is 16.3 Å². The topological polar surface area (TPSA) is 34.1 Å². The molecule has 2 aromatic rings. The zero-order chi connectivity index (χ0) is 12.1. The molecule has 1 aromatic carbocycles. The van der Waals surface area contributed by atoms with Crippen LogP contribution in [-0.4, -0.2) is 12.0 Å². The molecule has 17 heavy (non-hydrogen) atoms. The van der Waals surface area contributed by atoms with Gasteiger partial charge in [0.05, 0.1) is 0 Å². The van der Waals surface area contributed by atoms with Gasteiger partial charge >= 0.3 is 0 Å². The third-order valence-electron chi connectivity index (χ3n) is 2.28. The number of hydrogen-bond acceptors (Lipinski definition) is 3. The third-order valence-corrected chi connectivity index (χ3v) is 2.52. The summed E-state index contributed by atoms with van der Waals surface area (Å²) in [5.41, 5.74) is 1.06. The van der Waals surface area contributed by atoms with Crippen LogP contribution >= 0.6 is 11.6 Å². The normalized spacial score (nSPS) is 10.0. The van der Waals surface area contributed by atoms with Gasteiger partial charge in [0.1, 0.15) is 18.2 Å². The van der Waals surface area contributed by atoms with Crippen molar-refractivity contribution in [1.29, 1.82) is 0 Å². The van der Waals surface area contributed by atoms with Crippen molar-refractivity contribution >= 4 is 17.4 Å². The first kappa shape index (κ1) is 11.7. The molecule has 0 unspecified atom stereocenters. The number of nitrogens with one attached hydrogen (secondary N) is 1. The van der Waals surface area contributed by atoms with Gasteiger partial charge in [0.15, 0.2) is 0 Å². The van der Waals surface area contributed by atoms with Gasteiger partial charge in [0, 0.05) is 18.3 Å². The first-order chi connectivity index (χ1) is 8.28. The molecule has 0 bridgehead atoms. The van der Waals surface area contributed by atoms with Gasteiger partial charge in [-0.05, 0) is 35.9 Å². The molecule has 0 radical (unpaired) electrons. The number of pyridine rings is 1. The molecule has 1 aromatic heterocycles. The van der Waals surface area contributed by atoms with Gasteiger partial charge < -0.3 is 10.1 Å². The molecule has 0 aliphatic heterocycles. The van der Waals surface area contributed by atoms with Crippen LogP contribution in [0, 0.1) is 0 Å². The minimum Gasteiger partial charge on any atom is -0.489 e. The monoisotopic (exact) mass is 248 g/mol. The van der Waals surface area contributed by atoms with E-state index in [1.165, 1.54) is 0 Å². The van der Waals surface area contributed by atoms with Crippen molar-refractivity contribution in [2.24, 2.45) is 0 Å². The average Bonchev–Trinajstić information content (AvgIpc) is 2.37. The maximum Gasteiger partial charge on any atom is 0.126 e. The van der Waals surface area contributed by atoms with Gasteiger partial charge in [0.2, 0.25) is 0 Å². The minimum absolute atomic E-state index is 0.498. The van der Waals surface area contributed by atoms with Gasteiger partial charge in [0.25, 0.3) is 0 Å². The molecule has 0 aliphatic carbocycles. The summed E-state index contributed by atoms with van der Waals surface area (Å²) in [4.78, 5) is 4.14. The summed E-state index contributed by atoms with van der Waals surface area (Å²) in [6.07, 6.45) is 1.75. The van der Waals surface area contributed by atoms with Crippen LogP contribution in [0.15, 0.2) is 42.6 Å². The van der Waals surface area contributed by atoms with E-state index < -0.39 is 0 Å². The van der Waals surface area contributed by atoms with Crippen LogP contribution in [0.5, 0.6) is 5.75 Å². The van der Waals surface area contributed by atoms with Crippen LogP contribution in [0.4, 0.5) is 5.82 Å². The fourth-order valence-corrected chi connectivity index (χ4v) is 1.60. The van der Waals surface area contributed by atoms with E-state index >= 15 is 0 Å². The number of ether oxygens (including phenoxy) is 1. The standard InChI is InChI=1S/C13H13ClN2O/c1-15-13-7-10(5-6-16-13)9-17-12-4-2-3-11(14)8-12/h2-8H,9H2,1H3,(H,15,16). The molecule has 0 atom stereocenters. The van der Waals surface area contributed by atoms with Crippen molar-refractivity contribution in [3.05, 3.63) is 53.2 Å². The lowest BCUT2D eigenvalue weighted by atomic mass is 10.3. The maximum absolute atomic E-state index is 5.87. The van der Waals surface area contributed by atoms with E-state index in [0.29, 0.717) is 11.6 Å². The molecule has 2 rings (SSSR count). The highest BCUT2D eigenvalue weighted by Gasteiger charge is 1.98. The number of halogens is 1. The van der Waals surface area contributed by atoms with E-state index in [-0.39, 0.29) is 0 Å². The van der Waals surface area contributed by atoms with E-state index in [1.807, 2.05) is 37.4 Å². The Hall–Kier alpha value is -1.74. The Morgan fingerprint density at radius 2 is 2.18 bits per heavy atom. The van der Waals surface area contributed by atoms with Crippen molar-refractivity contribution in [3.63, 3.8) is 0 Å². The average molecular weight is 249 g/mol. The highest BCUT2D eigenvalue weighted by atomic mass is 35.5. The van der Waals surface area contributed by atoms with Crippen molar-refractivity contribution in [2.75, 3.05) is 12.4 Å². The molecule has 0 spiro atoms. The largest absolute Gasteiger partial charge is 0.489 e. The first-order valence-electron chi connectivity index (χ1n) is 5.29. The fraction of sp³-hybridized carbons (Fsp3) is 0.154. The van der Waals surface area contributed by atoms with E-state index in [9.17, 15) is 0 Å². The Labute approximate surface area is 105 Å². The van der Waals surface area contributed by atoms with Gasteiger partial charge in [-0.2, -0.15) is 0 Å². The zero-order valence-electron chi connectivity index (χ0n) is 9.48. The SMILES string of the molecule is CNc1cc(COc2cccc(Cl)c2)ccn1. The lowest BCUT2D eigenvalue weighted by molar-refractivity contribution is 0.306. The molecule has 0 aliphatic rings. The number of nitrogens with zero attached hydrogens (tertiary/aromatic N) is 1. The Kier molecular flexibility index (Phi) is 3.83. The van der Waals surface area contributed by atoms with Crippen LogP contribution in [0.3, 0.4) is 0 Å². The summed E-state index contributed by atoms with van der Waals surface area (Å²) in [5.74, 6) is 1.59. The van der Waals surface area contributed by atoms with Crippen LogP contribution in [0.1, 0.15) is 5.56 Å². The van der Waals surface area contributed by atoms with Gasteiger partial charge in [-0.3, -0.25) is 0 Å². The summed E-state index contributed by atoms with van der Waals surface area (Å²) in [6, 6.07) is 11.2. The van der Waals surface area contributed by atoms with E-state index in [1.54, 1.807) is 12.3 Å². The van der Waals surface area contributed by atoms with Crippen LogP contribution in [0.25, 0.3) is 0 Å². The Morgan fingerprint density at radius 3 is 2.94 bits per heavy atom. The van der Waals surface area contributed by atoms with Gasteiger partial charge in [-0.25, -0.2) is 4.98 Å². The number of rotatable bonds is 4. The van der Waals surface area contributed by atoms with Crippen molar-refractivity contribution < 1.29 is 4.74 Å². The van der Waals surface area contributed by atoms with Crippen molar-refractivity contribution in [3.8, 4) is 5.75 Å². The summed E-state index contributed by atoms with van der Waals surface area (Å²) in [7, 11) is 1.84. The molecule has 4 heteroatoms. The van der Waals surface area contributed by atoms with Crippen LogP contribution in [-0.2, 0) is 6.61 Å². The summed E-state index contributed by atoms with van der Waals surface area (Å²) in [6.45, 7) is 0.498. The number of aromatic nitrogens is 1. The number of anilines is 1. The molecule has 0 saturated heterocycles. The highest BCUT2D eigenvalue weighted by Crippen LogP contribution is 2.18. The van der Waals surface area contributed by atoms with Gasteiger partial charge in [-0.1, -0.05) is 17.7 Å². The van der Waals surface area contributed by atoms with Crippen LogP contribution in [0.2, 0.25) is 5.02 Å². The Bertz CT molecular complexity index is 502. The molecule has 1 heterocycles. The molecular weight excluding hydrogens is 236 g/mol. The molecule has 0 fully saturated rings. The fourth-order valence-electron chi connectivity index (χ4n) is 1.42. The quantitative estimate of drug-likeness (QED) is 0.901. The second-order valence-electron chi connectivity index (χ2n) is 3.55. The second kappa shape index (κ2) is 5.55. The molecule has 1 N–H and O–H groups in total. The zero-order valence-corrected chi connectivity index (χ0v) is 10.2.